The SMILES string of the molecule is CC(=O)N(CCC(=O)Nc1ccc(F)c(Cl)c1)c1cc(C)cc(C)c1. The summed E-state index contributed by atoms with van der Waals surface area (Å²) < 4.78 is 13.1. The summed E-state index contributed by atoms with van der Waals surface area (Å²) in [5.74, 6) is -0.960. The molecule has 0 spiro atoms. The number of anilines is 2. The van der Waals surface area contributed by atoms with Crippen molar-refractivity contribution in [2.45, 2.75) is 27.2 Å². The fraction of sp³-hybridized carbons (Fsp3) is 0.263. The van der Waals surface area contributed by atoms with Gasteiger partial charge in [-0.2, -0.15) is 0 Å². The van der Waals surface area contributed by atoms with Gasteiger partial charge < -0.3 is 10.2 Å². The maximum absolute atomic E-state index is 13.1. The first-order valence-electron chi connectivity index (χ1n) is 7.87. The summed E-state index contributed by atoms with van der Waals surface area (Å²) in [5, 5.41) is 2.59. The topological polar surface area (TPSA) is 49.4 Å². The summed E-state index contributed by atoms with van der Waals surface area (Å²) in [7, 11) is 0. The number of benzene rings is 2. The first-order valence-corrected chi connectivity index (χ1v) is 8.25. The molecule has 0 unspecified atom stereocenters. The zero-order valence-electron chi connectivity index (χ0n) is 14.4. The molecule has 25 heavy (non-hydrogen) atoms. The van der Waals surface area contributed by atoms with E-state index in [1.807, 2.05) is 32.0 Å². The fourth-order valence-corrected chi connectivity index (χ4v) is 2.77. The molecule has 0 aromatic heterocycles. The first-order chi connectivity index (χ1) is 11.8. The lowest BCUT2D eigenvalue weighted by Crippen LogP contribution is -2.32. The number of carbonyl (C=O) groups excluding carboxylic acids is 2. The second-order valence-corrected chi connectivity index (χ2v) is 6.35. The van der Waals surface area contributed by atoms with Crippen molar-refractivity contribution in [3.8, 4) is 0 Å². The molecule has 0 saturated heterocycles. The molecule has 2 rings (SSSR count). The Hall–Kier alpha value is -2.40. The van der Waals surface area contributed by atoms with E-state index >= 15 is 0 Å². The molecule has 2 amide bonds. The number of hydrogen-bond acceptors (Lipinski definition) is 2. The van der Waals surface area contributed by atoms with Crippen LogP contribution >= 0.6 is 11.6 Å². The number of hydrogen-bond donors (Lipinski definition) is 1. The Kier molecular flexibility index (Phi) is 6.15. The number of nitrogens with zero attached hydrogens (tertiary/aromatic N) is 1. The molecular formula is C19H20ClFN2O2. The van der Waals surface area contributed by atoms with Crippen LogP contribution in [-0.4, -0.2) is 18.4 Å². The van der Waals surface area contributed by atoms with E-state index in [1.165, 1.54) is 25.1 Å². The van der Waals surface area contributed by atoms with E-state index in [9.17, 15) is 14.0 Å². The second-order valence-electron chi connectivity index (χ2n) is 5.94. The zero-order chi connectivity index (χ0) is 18.6. The number of amides is 2. The molecule has 0 fully saturated rings. The summed E-state index contributed by atoms with van der Waals surface area (Å²) in [6.07, 6.45) is 0.113. The van der Waals surface area contributed by atoms with Crippen LogP contribution in [0.3, 0.4) is 0 Å². The van der Waals surface area contributed by atoms with Gasteiger partial charge in [0.05, 0.1) is 5.02 Å². The van der Waals surface area contributed by atoms with Crippen molar-refractivity contribution in [2.75, 3.05) is 16.8 Å². The van der Waals surface area contributed by atoms with Crippen molar-refractivity contribution in [2.24, 2.45) is 0 Å². The van der Waals surface area contributed by atoms with Crippen LogP contribution in [0.15, 0.2) is 36.4 Å². The minimum absolute atomic E-state index is 0.0570. The van der Waals surface area contributed by atoms with Gasteiger partial charge in [-0.1, -0.05) is 17.7 Å². The number of carbonyl (C=O) groups is 2. The van der Waals surface area contributed by atoms with Crippen molar-refractivity contribution in [1.29, 1.82) is 0 Å². The van der Waals surface area contributed by atoms with Crippen LogP contribution in [0, 0.1) is 19.7 Å². The zero-order valence-corrected chi connectivity index (χ0v) is 15.2. The molecule has 1 N–H and O–H groups in total. The van der Waals surface area contributed by atoms with Crippen LogP contribution < -0.4 is 10.2 Å². The molecule has 0 aliphatic heterocycles. The molecule has 4 nitrogen and oxygen atoms in total. The summed E-state index contributed by atoms with van der Waals surface area (Å²) in [5.41, 5.74) is 3.28. The van der Waals surface area contributed by atoms with Crippen molar-refractivity contribution >= 4 is 34.8 Å². The lowest BCUT2D eigenvalue weighted by molar-refractivity contribution is -0.117. The highest BCUT2D eigenvalue weighted by atomic mass is 35.5. The van der Waals surface area contributed by atoms with Gasteiger partial charge in [-0.15, -0.1) is 0 Å². The number of rotatable bonds is 5. The van der Waals surface area contributed by atoms with E-state index in [0.717, 1.165) is 16.8 Å². The maximum atomic E-state index is 13.1. The van der Waals surface area contributed by atoms with Gasteiger partial charge in [-0.05, 0) is 55.3 Å². The molecule has 0 aliphatic rings. The van der Waals surface area contributed by atoms with Crippen LogP contribution in [0.2, 0.25) is 5.02 Å². The third-order valence-corrected chi connectivity index (χ3v) is 3.95. The smallest absolute Gasteiger partial charge is 0.226 e. The molecule has 0 saturated carbocycles. The average molecular weight is 363 g/mol. The van der Waals surface area contributed by atoms with Crippen LogP contribution in [-0.2, 0) is 9.59 Å². The molecule has 0 atom stereocenters. The largest absolute Gasteiger partial charge is 0.326 e. The van der Waals surface area contributed by atoms with Gasteiger partial charge in [0.15, 0.2) is 0 Å². The van der Waals surface area contributed by atoms with Crippen molar-refractivity contribution < 1.29 is 14.0 Å². The molecule has 0 heterocycles. The van der Waals surface area contributed by atoms with Crippen LogP contribution in [0.1, 0.15) is 24.5 Å². The third-order valence-electron chi connectivity index (χ3n) is 3.66. The van der Waals surface area contributed by atoms with Gasteiger partial charge in [0.25, 0.3) is 0 Å². The Bertz CT molecular complexity index is 788. The van der Waals surface area contributed by atoms with Gasteiger partial charge in [0, 0.05) is 31.3 Å². The van der Waals surface area contributed by atoms with Crippen molar-refractivity contribution in [1.82, 2.24) is 0 Å². The highest BCUT2D eigenvalue weighted by molar-refractivity contribution is 6.31. The van der Waals surface area contributed by atoms with Crippen LogP contribution in [0.4, 0.5) is 15.8 Å². The fourth-order valence-electron chi connectivity index (χ4n) is 2.59. The Morgan fingerprint density at radius 2 is 1.76 bits per heavy atom. The number of halogens is 2. The Morgan fingerprint density at radius 1 is 1.12 bits per heavy atom. The highest BCUT2D eigenvalue weighted by Crippen LogP contribution is 2.21. The number of nitrogens with one attached hydrogen (secondary N) is 1. The monoisotopic (exact) mass is 362 g/mol. The maximum Gasteiger partial charge on any atom is 0.226 e. The number of aryl methyl sites for hydroxylation is 2. The minimum atomic E-state index is -0.544. The molecule has 6 heteroatoms. The molecule has 132 valence electrons. The Labute approximate surface area is 151 Å². The first kappa shape index (κ1) is 18.9. The lowest BCUT2D eigenvalue weighted by atomic mass is 10.1. The summed E-state index contributed by atoms with van der Waals surface area (Å²) >= 11 is 5.70. The predicted molar refractivity (Wildman–Crippen MR) is 98.6 cm³/mol. The summed E-state index contributed by atoms with van der Waals surface area (Å²) in [4.78, 5) is 25.6. The summed E-state index contributed by atoms with van der Waals surface area (Å²) in [6.45, 7) is 5.63. The quantitative estimate of drug-likeness (QED) is 0.852. The van der Waals surface area contributed by atoms with E-state index in [4.69, 9.17) is 11.6 Å². The predicted octanol–water partition coefficient (Wildman–Crippen LogP) is 4.48. The van der Waals surface area contributed by atoms with Gasteiger partial charge in [-0.25, -0.2) is 4.39 Å². The lowest BCUT2D eigenvalue weighted by Gasteiger charge is -2.22. The van der Waals surface area contributed by atoms with Crippen LogP contribution in [0.5, 0.6) is 0 Å². The average Bonchev–Trinajstić information content (AvgIpc) is 2.50. The highest BCUT2D eigenvalue weighted by Gasteiger charge is 2.14. The van der Waals surface area contributed by atoms with Gasteiger partial charge in [-0.3, -0.25) is 9.59 Å². The standard InChI is InChI=1S/C19H20ClFN2O2/c1-12-8-13(2)10-16(9-12)23(14(3)24)7-6-19(25)22-15-4-5-18(21)17(20)11-15/h4-5,8-11H,6-7H2,1-3H3,(H,22,25). The molecule has 2 aromatic carbocycles. The van der Waals surface area contributed by atoms with E-state index in [1.54, 1.807) is 4.90 Å². The molecular weight excluding hydrogens is 343 g/mol. The molecule has 0 aliphatic carbocycles. The summed E-state index contributed by atoms with van der Waals surface area (Å²) in [6, 6.07) is 9.81. The minimum Gasteiger partial charge on any atom is -0.326 e. The van der Waals surface area contributed by atoms with Gasteiger partial charge >= 0.3 is 0 Å². The normalized spacial score (nSPS) is 10.4. The van der Waals surface area contributed by atoms with Gasteiger partial charge in [0.2, 0.25) is 11.8 Å². The van der Waals surface area contributed by atoms with Crippen molar-refractivity contribution in [3.05, 3.63) is 58.4 Å². The van der Waals surface area contributed by atoms with E-state index in [0.29, 0.717) is 5.69 Å². The van der Waals surface area contributed by atoms with E-state index in [-0.39, 0.29) is 29.8 Å². The van der Waals surface area contributed by atoms with E-state index < -0.39 is 5.82 Å². The molecule has 0 bridgehead atoms. The Balaban J connectivity index is 2.04. The van der Waals surface area contributed by atoms with Crippen molar-refractivity contribution in [3.63, 3.8) is 0 Å². The second kappa shape index (κ2) is 8.12. The molecule has 2 aromatic rings. The van der Waals surface area contributed by atoms with E-state index in [2.05, 4.69) is 5.32 Å². The van der Waals surface area contributed by atoms with Gasteiger partial charge in [0.1, 0.15) is 5.82 Å². The third kappa shape index (κ3) is 5.29. The Morgan fingerprint density at radius 3 is 2.32 bits per heavy atom. The molecule has 0 radical (unpaired) electrons. The van der Waals surface area contributed by atoms with Crippen LogP contribution in [0.25, 0.3) is 0 Å².